The van der Waals surface area contributed by atoms with Crippen LogP contribution in [0, 0.1) is 10.1 Å². The van der Waals surface area contributed by atoms with Crippen molar-refractivity contribution in [1.82, 2.24) is 4.98 Å². The van der Waals surface area contributed by atoms with E-state index in [1.807, 2.05) is 10.8 Å². The van der Waals surface area contributed by atoms with Crippen molar-refractivity contribution >= 4 is 44.7 Å². The lowest BCUT2D eigenvalue weighted by Gasteiger charge is -2.03. The van der Waals surface area contributed by atoms with E-state index in [-0.39, 0.29) is 16.6 Å². The number of hydrogen-bond donors (Lipinski definition) is 1. The molecular formula is C11H9N3O5S2. The van der Waals surface area contributed by atoms with Gasteiger partial charge in [-0.05, 0) is 33.7 Å². The highest BCUT2D eigenvalue weighted by atomic mass is 32.1. The van der Waals surface area contributed by atoms with Crippen molar-refractivity contribution in [2.24, 2.45) is 0 Å². The van der Waals surface area contributed by atoms with E-state index in [1.165, 1.54) is 11.3 Å². The summed E-state index contributed by atoms with van der Waals surface area (Å²) in [6.07, 6.45) is 1.14. The molecule has 21 heavy (non-hydrogen) atoms. The lowest BCUT2D eigenvalue weighted by molar-refractivity contribution is -0.380. The van der Waals surface area contributed by atoms with Crippen molar-refractivity contribution in [1.29, 1.82) is 0 Å². The van der Waals surface area contributed by atoms with E-state index in [2.05, 4.69) is 10.3 Å². The number of nitrogens with zero attached hydrogens (tertiary/aromatic N) is 2. The van der Waals surface area contributed by atoms with Crippen LogP contribution >= 0.6 is 22.7 Å². The second-order valence-electron chi connectivity index (χ2n) is 3.78. The zero-order valence-electron chi connectivity index (χ0n) is 10.5. The Morgan fingerprint density at radius 3 is 2.90 bits per heavy atom. The fraction of sp³-hybridized carbons (Fsp3) is 0.182. The molecule has 0 fully saturated rings. The van der Waals surface area contributed by atoms with Gasteiger partial charge < -0.3 is 4.74 Å². The van der Waals surface area contributed by atoms with Gasteiger partial charge in [0.2, 0.25) is 0 Å². The molecule has 8 nitrogen and oxygen atoms in total. The number of hydrogen-bond acceptors (Lipinski definition) is 8. The van der Waals surface area contributed by atoms with Crippen LogP contribution in [-0.2, 0) is 20.7 Å². The van der Waals surface area contributed by atoms with Gasteiger partial charge in [0.25, 0.3) is 5.91 Å². The number of nitro groups is 1. The third kappa shape index (κ3) is 4.61. The molecule has 0 aliphatic carbocycles. The molecule has 0 bridgehead atoms. The standard InChI is InChI=1S/C11H9N3O5S2/c15-8(13-11-12-4-9(21-11)14(17)18)5-19-10(16)3-7-1-2-20-6-7/h1-2,4,6H,3,5H2,(H,12,13,15). The van der Waals surface area contributed by atoms with Gasteiger partial charge in [0.15, 0.2) is 11.7 Å². The van der Waals surface area contributed by atoms with Gasteiger partial charge in [-0.15, -0.1) is 0 Å². The molecule has 0 aromatic carbocycles. The summed E-state index contributed by atoms with van der Waals surface area (Å²) in [6.45, 7) is -0.462. The SMILES string of the molecule is O=C(COC(=O)Cc1ccsc1)Nc1ncc([N+](=O)[O-])s1. The van der Waals surface area contributed by atoms with E-state index in [9.17, 15) is 19.7 Å². The summed E-state index contributed by atoms with van der Waals surface area (Å²) in [5.41, 5.74) is 0.820. The van der Waals surface area contributed by atoms with E-state index in [0.717, 1.165) is 23.1 Å². The number of anilines is 1. The number of esters is 1. The highest BCUT2D eigenvalue weighted by Gasteiger charge is 2.14. The topological polar surface area (TPSA) is 111 Å². The summed E-state index contributed by atoms with van der Waals surface area (Å²) >= 11 is 2.19. The van der Waals surface area contributed by atoms with Gasteiger partial charge in [-0.1, -0.05) is 0 Å². The summed E-state index contributed by atoms with van der Waals surface area (Å²) in [5.74, 6) is -1.12. The number of nitrogens with one attached hydrogen (secondary N) is 1. The first-order chi connectivity index (χ1) is 10.0. The van der Waals surface area contributed by atoms with Crippen molar-refractivity contribution < 1.29 is 19.2 Å². The first kappa shape index (κ1) is 15.1. The number of carbonyl (C=O) groups excluding carboxylic acids is 2. The van der Waals surface area contributed by atoms with Crippen LogP contribution in [0.3, 0.4) is 0 Å². The Morgan fingerprint density at radius 2 is 2.29 bits per heavy atom. The van der Waals surface area contributed by atoms with Gasteiger partial charge >= 0.3 is 11.0 Å². The van der Waals surface area contributed by atoms with Crippen molar-refractivity contribution in [2.75, 3.05) is 11.9 Å². The lowest BCUT2D eigenvalue weighted by atomic mass is 10.2. The highest BCUT2D eigenvalue weighted by Crippen LogP contribution is 2.24. The lowest BCUT2D eigenvalue weighted by Crippen LogP contribution is -2.21. The van der Waals surface area contributed by atoms with Crippen molar-refractivity contribution in [3.8, 4) is 0 Å². The Kier molecular flexibility index (Phi) is 4.95. The van der Waals surface area contributed by atoms with Gasteiger partial charge in [-0.25, -0.2) is 4.98 Å². The molecule has 0 unspecified atom stereocenters. The third-order valence-corrected chi connectivity index (χ3v) is 3.81. The molecule has 0 spiro atoms. The molecule has 2 aromatic heterocycles. The highest BCUT2D eigenvalue weighted by molar-refractivity contribution is 7.18. The first-order valence-corrected chi connectivity index (χ1v) is 7.37. The maximum atomic E-state index is 11.5. The third-order valence-electron chi connectivity index (χ3n) is 2.21. The fourth-order valence-electron chi connectivity index (χ4n) is 1.32. The molecule has 1 amide bonds. The van der Waals surface area contributed by atoms with Crippen LogP contribution in [0.5, 0.6) is 0 Å². The minimum absolute atomic E-state index is 0.0839. The molecule has 1 N–H and O–H groups in total. The maximum absolute atomic E-state index is 11.5. The molecule has 0 aliphatic heterocycles. The van der Waals surface area contributed by atoms with Crippen LogP contribution in [0.1, 0.15) is 5.56 Å². The second-order valence-corrected chi connectivity index (χ2v) is 5.57. The van der Waals surface area contributed by atoms with Gasteiger partial charge in [-0.2, -0.15) is 11.3 Å². The number of ether oxygens (including phenoxy) is 1. The summed E-state index contributed by atoms with van der Waals surface area (Å²) < 4.78 is 4.80. The van der Waals surface area contributed by atoms with Gasteiger partial charge in [-0.3, -0.25) is 25.0 Å². The maximum Gasteiger partial charge on any atom is 0.345 e. The van der Waals surface area contributed by atoms with Gasteiger partial charge in [0, 0.05) is 0 Å². The van der Waals surface area contributed by atoms with Gasteiger partial charge in [0.1, 0.15) is 6.20 Å². The molecule has 2 rings (SSSR count). The van der Waals surface area contributed by atoms with Crippen LogP contribution in [0.15, 0.2) is 23.0 Å². The molecular weight excluding hydrogens is 318 g/mol. The number of carbonyl (C=O) groups is 2. The molecule has 0 atom stereocenters. The number of thiophene rings is 1. The zero-order chi connectivity index (χ0) is 15.2. The van der Waals surface area contributed by atoms with E-state index < -0.39 is 23.4 Å². The smallest absolute Gasteiger partial charge is 0.345 e. The Balaban J connectivity index is 1.76. The summed E-state index contributed by atoms with van der Waals surface area (Å²) in [5, 5.41) is 16.3. The molecule has 2 heterocycles. The van der Waals surface area contributed by atoms with Crippen LogP contribution in [0.4, 0.5) is 10.1 Å². The summed E-state index contributed by atoms with van der Waals surface area (Å²) in [7, 11) is 0. The quantitative estimate of drug-likeness (QED) is 0.492. The number of thiazole rings is 1. The molecule has 0 radical (unpaired) electrons. The monoisotopic (exact) mass is 327 g/mol. The van der Waals surface area contributed by atoms with E-state index in [4.69, 9.17) is 4.74 Å². The summed E-state index contributed by atoms with van der Waals surface area (Å²) in [6, 6.07) is 1.79. The average Bonchev–Trinajstić information content (AvgIpc) is 3.08. The molecule has 2 aromatic rings. The Hall–Kier alpha value is -2.33. The van der Waals surface area contributed by atoms with Crippen LogP contribution in [0.25, 0.3) is 0 Å². The molecule has 0 saturated carbocycles. The zero-order valence-corrected chi connectivity index (χ0v) is 12.1. The second kappa shape index (κ2) is 6.90. The fourth-order valence-corrected chi connectivity index (χ4v) is 2.64. The predicted octanol–water partition coefficient (Wildman–Crippen LogP) is 1.84. The van der Waals surface area contributed by atoms with Crippen molar-refractivity contribution in [3.63, 3.8) is 0 Å². The molecule has 110 valence electrons. The molecule has 0 saturated heterocycles. The van der Waals surface area contributed by atoms with Crippen LogP contribution < -0.4 is 5.32 Å². The minimum Gasteiger partial charge on any atom is -0.455 e. The van der Waals surface area contributed by atoms with Crippen LogP contribution in [0.2, 0.25) is 0 Å². The Labute approximate surface area is 126 Å². The number of aromatic nitrogens is 1. The number of rotatable bonds is 6. The van der Waals surface area contributed by atoms with Crippen molar-refractivity contribution in [3.05, 3.63) is 38.7 Å². The largest absolute Gasteiger partial charge is 0.455 e. The van der Waals surface area contributed by atoms with Gasteiger partial charge in [0.05, 0.1) is 11.3 Å². The number of amides is 1. The Morgan fingerprint density at radius 1 is 1.48 bits per heavy atom. The van der Waals surface area contributed by atoms with E-state index in [1.54, 1.807) is 6.07 Å². The van der Waals surface area contributed by atoms with Crippen LogP contribution in [-0.4, -0.2) is 28.4 Å². The molecule has 10 heteroatoms. The first-order valence-electron chi connectivity index (χ1n) is 5.61. The van der Waals surface area contributed by atoms with E-state index in [0.29, 0.717) is 0 Å². The van der Waals surface area contributed by atoms with E-state index >= 15 is 0 Å². The molecule has 0 aliphatic rings. The van der Waals surface area contributed by atoms with Crippen molar-refractivity contribution in [2.45, 2.75) is 6.42 Å². The normalized spacial score (nSPS) is 10.1. The minimum atomic E-state index is -0.603. The predicted molar refractivity (Wildman–Crippen MR) is 76.4 cm³/mol. The summed E-state index contributed by atoms with van der Waals surface area (Å²) in [4.78, 5) is 36.5. The Bertz CT molecular complexity index is 653. The average molecular weight is 327 g/mol.